The van der Waals surface area contributed by atoms with Gasteiger partial charge in [0.2, 0.25) is 0 Å². The quantitative estimate of drug-likeness (QED) is 0.748. The molecule has 0 fully saturated rings. The number of carbonyl (C=O) groups excluding carboxylic acids is 1. The van der Waals surface area contributed by atoms with Crippen LogP contribution >= 0.6 is 0 Å². The zero-order valence-electron chi connectivity index (χ0n) is 12.9. The summed E-state index contributed by atoms with van der Waals surface area (Å²) in [6.07, 6.45) is 2.14. The summed E-state index contributed by atoms with van der Waals surface area (Å²) in [5.74, 6) is 0.0751. The number of rotatable bonds is 5. The van der Waals surface area contributed by atoms with Gasteiger partial charge in [-0.3, -0.25) is 6.29 Å². The molecular formula is C15H22O3SY-2. The largest absolute Gasteiger partial charge is 0.542 e. The summed E-state index contributed by atoms with van der Waals surface area (Å²) in [7, 11) is -3.18. The maximum Gasteiger partial charge on any atom is 0.132 e. The van der Waals surface area contributed by atoms with Crippen LogP contribution in [0.15, 0.2) is 23.1 Å². The Hall–Kier alpha value is -0.0561. The molecule has 0 bridgehead atoms. The van der Waals surface area contributed by atoms with Gasteiger partial charge >= 0.3 is 0 Å². The number of sulfone groups is 1. The minimum Gasteiger partial charge on any atom is -0.542 e. The van der Waals surface area contributed by atoms with Crippen LogP contribution in [0.25, 0.3) is 0 Å². The van der Waals surface area contributed by atoms with Crippen LogP contribution in [-0.2, 0) is 52.8 Å². The molecule has 1 aromatic carbocycles. The van der Waals surface area contributed by atoms with E-state index in [-0.39, 0.29) is 55.2 Å². The van der Waals surface area contributed by atoms with Gasteiger partial charge in [0, 0.05) is 38.5 Å². The second-order valence-corrected chi connectivity index (χ2v) is 6.82. The van der Waals surface area contributed by atoms with E-state index in [1.807, 2.05) is 34.0 Å². The van der Waals surface area contributed by atoms with Crippen molar-refractivity contribution < 1.29 is 45.9 Å². The minimum atomic E-state index is -3.18. The Morgan fingerprint density at radius 1 is 1.25 bits per heavy atom. The zero-order valence-corrected chi connectivity index (χ0v) is 16.5. The summed E-state index contributed by atoms with van der Waals surface area (Å²) in [5.41, 5.74) is 0.451. The van der Waals surface area contributed by atoms with Gasteiger partial charge < -0.3 is 4.79 Å². The molecule has 0 saturated carbocycles. The van der Waals surface area contributed by atoms with Crippen LogP contribution in [0.3, 0.4) is 0 Å². The molecule has 0 aliphatic rings. The monoisotopic (exact) mass is 371 g/mol. The Bertz CT molecular complexity index is 490. The van der Waals surface area contributed by atoms with Crippen LogP contribution in [0.2, 0.25) is 0 Å². The third kappa shape index (κ3) is 6.15. The van der Waals surface area contributed by atoms with E-state index in [4.69, 9.17) is 0 Å². The van der Waals surface area contributed by atoms with Crippen LogP contribution in [-0.4, -0.2) is 20.5 Å². The molecule has 0 aliphatic carbocycles. The fourth-order valence-electron chi connectivity index (χ4n) is 1.47. The molecular weight excluding hydrogens is 349 g/mol. The molecule has 20 heavy (non-hydrogen) atoms. The van der Waals surface area contributed by atoms with Crippen LogP contribution in [0.5, 0.6) is 0 Å². The SMILES string of the molecule is CC.CCS(=O)(=O)c1c[c-]c(C(C)(C)C[C-]=O)cc1.[Y]. The molecule has 0 saturated heterocycles. The van der Waals surface area contributed by atoms with E-state index in [9.17, 15) is 13.2 Å². The molecule has 0 heterocycles. The Morgan fingerprint density at radius 2 is 1.80 bits per heavy atom. The molecule has 0 aliphatic heterocycles. The van der Waals surface area contributed by atoms with Gasteiger partial charge in [-0.15, -0.1) is 6.42 Å². The molecule has 0 amide bonds. The summed E-state index contributed by atoms with van der Waals surface area (Å²) in [6, 6.07) is 7.69. The molecule has 0 spiro atoms. The van der Waals surface area contributed by atoms with Crippen molar-refractivity contribution in [2.24, 2.45) is 0 Å². The maximum absolute atomic E-state index is 11.6. The van der Waals surface area contributed by atoms with E-state index in [0.29, 0.717) is 0 Å². The molecule has 3 nitrogen and oxygen atoms in total. The van der Waals surface area contributed by atoms with Gasteiger partial charge in [0.05, 0.1) is 0 Å². The van der Waals surface area contributed by atoms with Crippen LogP contribution in [0.4, 0.5) is 0 Å². The maximum atomic E-state index is 11.6. The van der Waals surface area contributed by atoms with E-state index in [1.165, 1.54) is 6.07 Å². The third-order valence-corrected chi connectivity index (χ3v) is 4.50. The molecule has 0 aromatic heterocycles. The predicted octanol–water partition coefficient (Wildman–Crippen LogP) is 3.08. The number of hydrogen-bond acceptors (Lipinski definition) is 3. The Balaban J connectivity index is 0. The summed E-state index contributed by atoms with van der Waals surface area (Å²) in [4.78, 5) is 10.7. The van der Waals surface area contributed by atoms with E-state index in [2.05, 4.69) is 6.07 Å². The van der Waals surface area contributed by atoms with E-state index in [0.717, 1.165) is 5.56 Å². The normalized spacial score (nSPS) is 10.8. The zero-order chi connectivity index (χ0) is 15.1. The van der Waals surface area contributed by atoms with E-state index < -0.39 is 9.84 Å². The van der Waals surface area contributed by atoms with Crippen molar-refractivity contribution in [3.8, 4) is 0 Å². The average molecular weight is 371 g/mol. The molecule has 1 aromatic rings. The van der Waals surface area contributed by atoms with Gasteiger partial charge in [0.15, 0.2) is 0 Å². The van der Waals surface area contributed by atoms with Gasteiger partial charge in [0.1, 0.15) is 9.84 Å². The van der Waals surface area contributed by atoms with Crippen LogP contribution < -0.4 is 0 Å². The summed E-state index contributed by atoms with van der Waals surface area (Å²) < 4.78 is 23.2. The first-order valence-corrected chi connectivity index (χ1v) is 8.08. The molecule has 1 rings (SSSR count). The molecule has 5 heteroatoms. The smallest absolute Gasteiger partial charge is 0.132 e. The fraction of sp³-hybridized carbons (Fsp3) is 0.533. The fourth-order valence-corrected chi connectivity index (χ4v) is 2.31. The van der Waals surface area contributed by atoms with Crippen LogP contribution in [0.1, 0.15) is 46.6 Å². The Labute approximate surface area is 148 Å². The van der Waals surface area contributed by atoms with Crippen molar-refractivity contribution in [3.63, 3.8) is 0 Å². The predicted molar refractivity (Wildman–Crippen MR) is 77.7 cm³/mol. The molecule has 1 radical (unpaired) electrons. The summed E-state index contributed by atoms with van der Waals surface area (Å²) in [6.45, 7) is 9.41. The second kappa shape index (κ2) is 9.80. The first-order chi connectivity index (χ1) is 8.83. The second-order valence-electron chi connectivity index (χ2n) is 4.55. The van der Waals surface area contributed by atoms with Gasteiger partial charge in [0.25, 0.3) is 0 Å². The Morgan fingerprint density at radius 3 is 2.15 bits per heavy atom. The van der Waals surface area contributed by atoms with Gasteiger partial charge in [-0.1, -0.05) is 40.0 Å². The minimum absolute atomic E-state index is 0. The van der Waals surface area contributed by atoms with Crippen molar-refractivity contribution >= 4 is 16.1 Å². The number of hydrogen-bond donors (Lipinski definition) is 0. The van der Waals surface area contributed by atoms with Crippen LogP contribution in [0, 0.1) is 6.07 Å². The molecule has 0 atom stereocenters. The standard InChI is InChI=1S/C13H16O3S.C2H6.Y/c1-4-17(15,16)12-7-5-11(6-8-12)13(2,3)9-10-14;1-2;/h5,7-8H,4,9H2,1-3H3;1-2H3;/q-2;;. The summed E-state index contributed by atoms with van der Waals surface area (Å²) >= 11 is 0. The van der Waals surface area contributed by atoms with Crippen molar-refractivity contribution in [3.05, 3.63) is 29.8 Å². The topological polar surface area (TPSA) is 51.2 Å². The third-order valence-electron chi connectivity index (χ3n) is 2.77. The number of benzene rings is 1. The van der Waals surface area contributed by atoms with Gasteiger partial charge in [-0.05, 0) is 4.90 Å². The van der Waals surface area contributed by atoms with Crippen molar-refractivity contribution in [1.29, 1.82) is 0 Å². The average Bonchev–Trinajstić information content (AvgIpc) is 2.41. The Kier molecular flexibility index (Phi) is 10.9. The van der Waals surface area contributed by atoms with E-state index in [1.54, 1.807) is 19.1 Å². The first-order valence-electron chi connectivity index (χ1n) is 6.43. The van der Waals surface area contributed by atoms with Gasteiger partial charge in [-0.25, -0.2) is 8.42 Å². The van der Waals surface area contributed by atoms with Crippen molar-refractivity contribution in [1.82, 2.24) is 0 Å². The van der Waals surface area contributed by atoms with Crippen molar-refractivity contribution in [2.75, 3.05) is 5.75 Å². The molecule has 111 valence electrons. The molecule has 0 unspecified atom stereocenters. The van der Waals surface area contributed by atoms with E-state index >= 15 is 0 Å². The molecule has 0 N–H and O–H groups in total. The first kappa shape index (κ1) is 22.2. The van der Waals surface area contributed by atoms with Gasteiger partial charge in [-0.2, -0.15) is 29.8 Å². The summed E-state index contributed by atoms with van der Waals surface area (Å²) in [5, 5.41) is 0. The van der Waals surface area contributed by atoms with Crippen molar-refractivity contribution in [2.45, 2.75) is 51.3 Å².